The average Bonchev–Trinajstić information content (AvgIpc) is 2.73. The summed E-state index contributed by atoms with van der Waals surface area (Å²) in [6, 6.07) is 8.32. The molecule has 0 spiro atoms. The smallest absolute Gasteiger partial charge is 0.224 e. The molecule has 96 valence electrons. The van der Waals surface area contributed by atoms with Crippen LogP contribution in [0.3, 0.4) is 0 Å². The predicted octanol–water partition coefficient (Wildman–Crippen LogP) is 3.02. The summed E-state index contributed by atoms with van der Waals surface area (Å²) in [5.41, 5.74) is 2.15. The molecule has 0 radical (unpaired) electrons. The van der Waals surface area contributed by atoms with E-state index in [9.17, 15) is 4.79 Å². The van der Waals surface area contributed by atoms with E-state index in [0.29, 0.717) is 6.42 Å². The van der Waals surface area contributed by atoms with Crippen molar-refractivity contribution in [1.82, 2.24) is 10.3 Å². The van der Waals surface area contributed by atoms with Gasteiger partial charge in [0.2, 0.25) is 5.91 Å². The molecule has 18 heavy (non-hydrogen) atoms. The third-order valence-electron chi connectivity index (χ3n) is 3.16. The van der Waals surface area contributed by atoms with Gasteiger partial charge in [-0.15, -0.1) is 0 Å². The number of carbonyl (C=O) groups is 1. The standard InChI is InChI=1S/C15H20N2O/c1-3-6-11(2)17-15(18)9-12-10-16-14-8-5-4-7-13(12)14/h4-5,7-8,10-11,16H,3,6,9H2,1-2H3,(H,17,18)/t11-/m0/s1. The fourth-order valence-corrected chi connectivity index (χ4v) is 2.28. The Morgan fingerprint density at radius 2 is 2.17 bits per heavy atom. The van der Waals surface area contributed by atoms with E-state index in [-0.39, 0.29) is 11.9 Å². The van der Waals surface area contributed by atoms with E-state index in [1.54, 1.807) is 0 Å². The van der Waals surface area contributed by atoms with Crippen molar-refractivity contribution in [1.29, 1.82) is 0 Å². The van der Waals surface area contributed by atoms with Crippen LogP contribution in [0.5, 0.6) is 0 Å². The Hall–Kier alpha value is -1.77. The van der Waals surface area contributed by atoms with Gasteiger partial charge in [0.1, 0.15) is 0 Å². The molecule has 0 unspecified atom stereocenters. The highest BCUT2D eigenvalue weighted by molar-refractivity contribution is 5.88. The fraction of sp³-hybridized carbons (Fsp3) is 0.400. The lowest BCUT2D eigenvalue weighted by Gasteiger charge is -2.12. The maximum atomic E-state index is 11.9. The van der Waals surface area contributed by atoms with E-state index in [4.69, 9.17) is 0 Å². The number of H-pyrrole nitrogens is 1. The molecule has 2 aromatic rings. The molecule has 0 saturated carbocycles. The van der Waals surface area contributed by atoms with Crippen molar-refractivity contribution in [2.24, 2.45) is 0 Å². The summed E-state index contributed by atoms with van der Waals surface area (Å²) >= 11 is 0. The Bertz CT molecular complexity index is 530. The van der Waals surface area contributed by atoms with Gasteiger partial charge in [-0.1, -0.05) is 31.5 Å². The zero-order valence-corrected chi connectivity index (χ0v) is 11.0. The Balaban J connectivity index is 2.03. The van der Waals surface area contributed by atoms with E-state index in [1.165, 1.54) is 0 Å². The SMILES string of the molecule is CCC[C@H](C)NC(=O)Cc1c[nH]c2ccccc12. The monoisotopic (exact) mass is 244 g/mol. The van der Waals surface area contributed by atoms with Gasteiger partial charge in [0, 0.05) is 23.1 Å². The summed E-state index contributed by atoms with van der Waals surface area (Å²) in [4.78, 5) is 15.1. The highest BCUT2D eigenvalue weighted by atomic mass is 16.1. The Morgan fingerprint density at radius 1 is 1.39 bits per heavy atom. The van der Waals surface area contributed by atoms with E-state index >= 15 is 0 Å². The summed E-state index contributed by atoms with van der Waals surface area (Å²) in [7, 11) is 0. The number of amides is 1. The summed E-state index contributed by atoms with van der Waals surface area (Å²) < 4.78 is 0. The van der Waals surface area contributed by atoms with E-state index in [2.05, 4.69) is 24.1 Å². The molecule has 1 heterocycles. The quantitative estimate of drug-likeness (QED) is 0.834. The van der Waals surface area contributed by atoms with Crippen LogP contribution in [0, 0.1) is 0 Å². The number of rotatable bonds is 5. The lowest BCUT2D eigenvalue weighted by atomic mass is 10.1. The Morgan fingerprint density at radius 3 is 2.94 bits per heavy atom. The van der Waals surface area contributed by atoms with Crippen molar-refractivity contribution >= 4 is 16.8 Å². The van der Waals surface area contributed by atoms with Crippen molar-refractivity contribution in [3.8, 4) is 0 Å². The fourth-order valence-electron chi connectivity index (χ4n) is 2.28. The van der Waals surface area contributed by atoms with E-state index in [1.807, 2.05) is 30.5 Å². The van der Waals surface area contributed by atoms with Crippen molar-refractivity contribution in [3.63, 3.8) is 0 Å². The van der Waals surface area contributed by atoms with Crippen LogP contribution in [-0.2, 0) is 11.2 Å². The van der Waals surface area contributed by atoms with Crippen LogP contribution in [0.15, 0.2) is 30.5 Å². The molecule has 1 aromatic heterocycles. The van der Waals surface area contributed by atoms with Gasteiger partial charge in [-0.25, -0.2) is 0 Å². The first kappa shape index (κ1) is 12.7. The van der Waals surface area contributed by atoms with Gasteiger partial charge in [-0.05, 0) is 25.0 Å². The summed E-state index contributed by atoms with van der Waals surface area (Å²) in [6.45, 7) is 4.18. The molecule has 0 saturated heterocycles. The second-order valence-electron chi connectivity index (χ2n) is 4.79. The number of carbonyl (C=O) groups excluding carboxylic acids is 1. The van der Waals surface area contributed by atoms with Crippen LogP contribution in [-0.4, -0.2) is 16.9 Å². The number of fused-ring (bicyclic) bond motifs is 1. The third-order valence-corrected chi connectivity index (χ3v) is 3.16. The average molecular weight is 244 g/mol. The lowest BCUT2D eigenvalue weighted by Crippen LogP contribution is -2.33. The van der Waals surface area contributed by atoms with E-state index in [0.717, 1.165) is 29.3 Å². The molecule has 2 N–H and O–H groups in total. The molecule has 0 aliphatic rings. The molecule has 1 aromatic carbocycles. The van der Waals surface area contributed by atoms with Crippen LogP contribution in [0.4, 0.5) is 0 Å². The largest absolute Gasteiger partial charge is 0.361 e. The van der Waals surface area contributed by atoms with Gasteiger partial charge >= 0.3 is 0 Å². The topological polar surface area (TPSA) is 44.9 Å². The second-order valence-corrected chi connectivity index (χ2v) is 4.79. The first-order valence-electron chi connectivity index (χ1n) is 6.55. The first-order chi connectivity index (χ1) is 8.70. The van der Waals surface area contributed by atoms with Crippen molar-refractivity contribution in [2.75, 3.05) is 0 Å². The maximum absolute atomic E-state index is 11.9. The molecule has 3 nitrogen and oxygen atoms in total. The molecule has 0 aliphatic carbocycles. The molecular weight excluding hydrogens is 224 g/mol. The number of hydrogen-bond donors (Lipinski definition) is 2. The van der Waals surface area contributed by atoms with Gasteiger partial charge < -0.3 is 10.3 Å². The number of nitrogens with one attached hydrogen (secondary N) is 2. The molecule has 1 amide bonds. The Labute approximate surface area is 108 Å². The van der Waals surface area contributed by atoms with Gasteiger partial charge in [-0.3, -0.25) is 4.79 Å². The zero-order valence-electron chi connectivity index (χ0n) is 11.0. The van der Waals surface area contributed by atoms with Gasteiger partial charge in [0.25, 0.3) is 0 Å². The van der Waals surface area contributed by atoms with Crippen LogP contribution in [0.25, 0.3) is 10.9 Å². The van der Waals surface area contributed by atoms with Gasteiger partial charge in [0.15, 0.2) is 0 Å². The molecular formula is C15H20N2O. The van der Waals surface area contributed by atoms with Crippen LogP contribution in [0.2, 0.25) is 0 Å². The highest BCUT2D eigenvalue weighted by Gasteiger charge is 2.10. The first-order valence-corrected chi connectivity index (χ1v) is 6.55. The number of aromatic amines is 1. The number of hydrogen-bond acceptors (Lipinski definition) is 1. The molecule has 0 aliphatic heterocycles. The summed E-state index contributed by atoms with van der Waals surface area (Å²) in [5.74, 6) is 0.0979. The van der Waals surface area contributed by atoms with Crippen LogP contribution in [0.1, 0.15) is 32.3 Å². The van der Waals surface area contributed by atoms with Gasteiger partial charge in [-0.2, -0.15) is 0 Å². The molecule has 0 bridgehead atoms. The number of benzene rings is 1. The predicted molar refractivity (Wildman–Crippen MR) is 74.5 cm³/mol. The highest BCUT2D eigenvalue weighted by Crippen LogP contribution is 2.18. The zero-order chi connectivity index (χ0) is 13.0. The number of aromatic nitrogens is 1. The lowest BCUT2D eigenvalue weighted by molar-refractivity contribution is -0.121. The van der Waals surface area contributed by atoms with Crippen LogP contribution < -0.4 is 5.32 Å². The minimum atomic E-state index is 0.0979. The molecule has 2 rings (SSSR count). The van der Waals surface area contributed by atoms with Crippen molar-refractivity contribution in [2.45, 2.75) is 39.2 Å². The second kappa shape index (κ2) is 5.71. The van der Waals surface area contributed by atoms with Crippen molar-refractivity contribution in [3.05, 3.63) is 36.0 Å². The van der Waals surface area contributed by atoms with Crippen molar-refractivity contribution < 1.29 is 4.79 Å². The van der Waals surface area contributed by atoms with Gasteiger partial charge in [0.05, 0.1) is 6.42 Å². The number of para-hydroxylation sites is 1. The minimum Gasteiger partial charge on any atom is -0.361 e. The van der Waals surface area contributed by atoms with Crippen LogP contribution >= 0.6 is 0 Å². The normalized spacial score (nSPS) is 12.6. The summed E-state index contributed by atoms with van der Waals surface area (Å²) in [6.07, 6.45) is 4.49. The minimum absolute atomic E-state index is 0.0979. The molecule has 1 atom stereocenters. The third kappa shape index (κ3) is 2.92. The maximum Gasteiger partial charge on any atom is 0.224 e. The van der Waals surface area contributed by atoms with E-state index < -0.39 is 0 Å². The molecule has 0 fully saturated rings. The Kier molecular flexibility index (Phi) is 4.03. The molecule has 3 heteroatoms. The summed E-state index contributed by atoms with van der Waals surface area (Å²) in [5, 5.41) is 4.17.